The van der Waals surface area contributed by atoms with E-state index in [0.717, 1.165) is 23.7 Å². The van der Waals surface area contributed by atoms with Crippen LogP contribution in [0.1, 0.15) is 32.1 Å². The van der Waals surface area contributed by atoms with Crippen LogP contribution >= 0.6 is 0 Å². The van der Waals surface area contributed by atoms with Crippen LogP contribution in [0.4, 0.5) is 0 Å². The van der Waals surface area contributed by atoms with Gasteiger partial charge in [0.25, 0.3) is 0 Å². The molecule has 2 bridgehead atoms. The average molecular weight is 178 g/mol. The smallest absolute Gasteiger partial charge is 0.0816 e. The Kier molecular flexibility index (Phi) is 1.68. The highest BCUT2D eigenvalue weighted by atomic mass is 16.5. The first kappa shape index (κ1) is 7.90. The predicted molar refractivity (Wildman–Crippen MR) is 52.1 cm³/mol. The van der Waals surface area contributed by atoms with Crippen molar-refractivity contribution in [3.05, 3.63) is 11.8 Å². The minimum Gasteiger partial charge on any atom is -0.504 e. The summed E-state index contributed by atoms with van der Waals surface area (Å²) in [7, 11) is 1.77. The van der Waals surface area contributed by atoms with Crippen LogP contribution in [0.15, 0.2) is 11.8 Å². The van der Waals surface area contributed by atoms with Gasteiger partial charge in [-0.3, -0.25) is 0 Å². The molecule has 0 spiro atoms. The van der Waals surface area contributed by atoms with E-state index in [2.05, 4.69) is 0 Å². The third-order valence-corrected chi connectivity index (χ3v) is 4.55. The van der Waals surface area contributed by atoms with Crippen molar-refractivity contribution >= 4 is 0 Å². The maximum absolute atomic E-state index is 5.12. The molecule has 3 saturated carbocycles. The Morgan fingerprint density at radius 2 is 1.77 bits per heavy atom. The Bertz CT molecular complexity index is 224. The fourth-order valence-corrected chi connectivity index (χ4v) is 4.12. The molecular weight excluding hydrogens is 160 g/mol. The summed E-state index contributed by atoms with van der Waals surface area (Å²) < 4.78 is 5.12. The van der Waals surface area contributed by atoms with Gasteiger partial charge in [-0.05, 0) is 61.3 Å². The molecule has 3 aliphatic rings. The topological polar surface area (TPSA) is 9.23 Å². The summed E-state index contributed by atoms with van der Waals surface area (Å²) in [6, 6.07) is 0. The summed E-state index contributed by atoms with van der Waals surface area (Å²) in [6.45, 7) is 0. The Morgan fingerprint density at radius 3 is 2.31 bits per heavy atom. The third-order valence-electron chi connectivity index (χ3n) is 4.55. The van der Waals surface area contributed by atoms with Gasteiger partial charge in [0.05, 0.1) is 13.4 Å². The van der Waals surface area contributed by atoms with E-state index in [4.69, 9.17) is 4.74 Å². The third kappa shape index (κ3) is 1.06. The second kappa shape index (κ2) is 2.76. The van der Waals surface area contributed by atoms with Crippen LogP contribution in [-0.4, -0.2) is 7.11 Å². The van der Waals surface area contributed by atoms with Crippen LogP contribution in [0.25, 0.3) is 0 Å². The van der Waals surface area contributed by atoms with Crippen molar-refractivity contribution in [2.45, 2.75) is 32.1 Å². The van der Waals surface area contributed by atoms with Crippen LogP contribution in [0.3, 0.4) is 0 Å². The highest BCUT2D eigenvalue weighted by Crippen LogP contribution is 2.59. The van der Waals surface area contributed by atoms with Crippen LogP contribution in [0.5, 0.6) is 0 Å². The van der Waals surface area contributed by atoms with Crippen molar-refractivity contribution in [3.63, 3.8) is 0 Å². The monoisotopic (exact) mass is 178 g/mol. The fourth-order valence-electron chi connectivity index (χ4n) is 4.12. The normalized spacial score (nSPS) is 50.1. The molecule has 0 aromatic carbocycles. The number of rotatable bonds is 1. The zero-order chi connectivity index (χ0) is 8.84. The maximum atomic E-state index is 5.12. The lowest BCUT2D eigenvalue weighted by molar-refractivity contribution is 0.259. The van der Waals surface area contributed by atoms with E-state index >= 15 is 0 Å². The molecule has 1 heteroatoms. The molecule has 0 heterocycles. The van der Waals surface area contributed by atoms with Crippen molar-refractivity contribution in [2.75, 3.05) is 7.11 Å². The van der Waals surface area contributed by atoms with E-state index in [1.807, 2.05) is 6.26 Å². The van der Waals surface area contributed by atoms with E-state index in [1.54, 1.807) is 19.1 Å². The summed E-state index contributed by atoms with van der Waals surface area (Å²) in [5.74, 6) is 4.25. The lowest BCUT2D eigenvalue weighted by Crippen LogP contribution is -2.15. The molecule has 72 valence electrons. The summed E-state index contributed by atoms with van der Waals surface area (Å²) in [5, 5.41) is 0. The van der Waals surface area contributed by atoms with Crippen molar-refractivity contribution < 1.29 is 4.74 Å². The standard InChI is InChI=1S/C12H18O/c1-13-7-8-4-11-9-2-3-10(6-9)12(11)5-8/h7,9-12H,2-6H2,1H3/t9-,10+,11+,12-. The summed E-state index contributed by atoms with van der Waals surface area (Å²) in [4.78, 5) is 0. The number of allylic oxidation sites excluding steroid dienone is 1. The minimum atomic E-state index is 1.04. The second-order valence-corrected chi connectivity index (χ2v) is 5.08. The van der Waals surface area contributed by atoms with Crippen LogP contribution in [0, 0.1) is 23.7 Å². The van der Waals surface area contributed by atoms with Gasteiger partial charge in [-0.15, -0.1) is 0 Å². The van der Waals surface area contributed by atoms with Gasteiger partial charge in [-0.25, -0.2) is 0 Å². The zero-order valence-corrected chi connectivity index (χ0v) is 8.33. The van der Waals surface area contributed by atoms with Gasteiger partial charge >= 0.3 is 0 Å². The van der Waals surface area contributed by atoms with Crippen molar-refractivity contribution in [2.24, 2.45) is 23.7 Å². The van der Waals surface area contributed by atoms with E-state index in [0.29, 0.717) is 0 Å². The second-order valence-electron chi connectivity index (χ2n) is 5.08. The molecule has 13 heavy (non-hydrogen) atoms. The first-order valence-corrected chi connectivity index (χ1v) is 5.59. The fraction of sp³-hybridized carbons (Fsp3) is 0.833. The van der Waals surface area contributed by atoms with Crippen LogP contribution < -0.4 is 0 Å². The molecule has 0 saturated heterocycles. The highest BCUT2D eigenvalue weighted by Gasteiger charge is 2.50. The summed E-state index contributed by atoms with van der Waals surface area (Å²) in [6.07, 6.45) is 9.28. The van der Waals surface area contributed by atoms with Gasteiger partial charge in [0, 0.05) is 0 Å². The lowest BCUT2D eigenvalue weighted by atomic mass is 9.82. The number of hydrogen-bond acceptors (Lipinski definition) is 1. The van der Waals surface area contributed by atoms with Crippen LogP contribution in [-0.2, 0) is 4.74 Å². The molecule has 3 aliphatic carbocycles. The lowest BCUT2D eigenvalue weighted by Gasteiger charge is -2.23. The molecule has 3 fully saturated rings. The van der Waals surface area contributed by atoms with Gasteiger partial charge < -0.3 is 4.74 Å². The molecule has 0 aromatic heterocycles. The molecule has 1 nitrogen and oxygen atoms in total. The number of methoxy groups -OCH3 is 1. The Morgan fingerprint density at radius 1 is 1.15 bits per heavy atom. The van der Waals surface area contributed by atoms with Crippen molar-refractivity contribution in [1.29, 1.82) is 0 Å². The quantitative estimate of drug-likeness (QED) is 0.561. The average Bonchev–Trinajstić information content (AvgIpc) is 2.72. The van der Waals surface area contributed by atoms with E-state index in [1.165, 1.54) is 25.7 Å². The van der Waals surface area contributed by atoms with Gasteiger partial charge in [0.2, 0.25) is 0 Å². The molecule has 3 rings (SSSR count). The predicted octanol–water partition coefficient (Wildman–Crippen LogP) is 2.97. The maximum Gasteiger partial charge on any atom is 0.0816 e. The van der Waals surface area contributed by atoms with Gasteiger partial charge in [0.1, 0.15) is 0 Å². The molecule has 0 aromatic rings. The van der Waals surface area contributed by atoms with Crippen molar-refractivity contribution in [1.82, 2.24) is 0 Å². The summed E-state index contributed by atoms with van der Waals surface area (Å²) >= 11 is 0. The highest BCUT2D eigenvalue weighted by molar-refractivity contribution is 5.15. The van der Waals surface area contributed by atoms with E-state index in [-0.39, 0.29) is 0 Å². The van der Waals surface area contributed by atoms with E-state index in [9.17, 15) is 0 Å². The molecular formula is C12H18O. The Labute approximate surface area is 80.2 Å². The number of hydrogen-bond donors (Lipinski definition) is 0. The molecule has 0 unspecified atom stereocenters. The van der Waals surface area contributed by atoms with Gasteiger partial charge in [0.15, 0.2) is 0 Å². The van der Waals surface area contributed by atoms with Gasteiger partial charge in [-0.1, -0.05) is 0 Å². The molecule has 0 amide bonds. The molecule has 0 N–H and O–H groups in total. The zero-order valence-electron chi connectivity index (χ0n) is 8.33. The Balaban J connectivity index is 1.79. The van der Waals surface area contributed by atoms with Crippen molar-refractivity contribution in [3.8, 4) is 0 Å². The largest absolute Gasteiger partial charge is 0.504 e. The van der Waals surface area contributed by atoms with Crippen LogP contribution in [0.2, 0.25) is 0 Å². The summed E-state index contributed by atoms with van der Waals surface area (Å²) in [5.41, 5.74) is 1.58. The van der Waals surface area contributed by atoms with E-state index < -0.39 is 0 Å². The molecule has 0 radical (unpaired) electrons. The molecule has 0 aliphatic heterocycles. The molecule has 4 atom stereocenters. The van der Waals surface area contributed by atoms with Gasteiger partial charge in [-0.2, -0.15) is 0 Å². The first-order valence-electron chi connectivity index (χ1n) is 5.59. The number of ether oxygens (including phenoxy) is 1. The minimum absolute atomic E-state index is 1.04. The number of fused-ring (bicyclic) bond motifs is 5. The SMILES string of the molecule is COC=C1C[C@@H]2[C@H]3CC[C@H](C3)[C@@H]2C1. The Hall–Kier alpha value is -0.460. The first-order chi connectivity index (χ1) is 6.38.